The van der Waals surface area contributed by atoms with Gasteiger partial charge < -0.3 is 19.3 Å². The first-order chi connectivity index (χ1) is 18.3. The van der Waals surface area contributed by atoms with Gasteiger partial charge in [-0.15, -0.1) is 11.8 Å². The highest BCUT2D eigenvalue weighted by atomic mass is 32.2. The number of para-hydroxylation sites is 1. The Morgan fingerprint density at radius 1 is 1.05 bits per heavy atom. The molecule has 1 aliphatic heterocycles. The molecule has 2 atom stereocenters. The lowest BCUT2D eigenvalue weighted by molar-refractivity contribution is -0.384. The van der Waals surface area contributed by atoms with Crippen LogP contribution in [0.1, 0.15) is 28.1 Å². The molecule has 0 fully saturated rings. The van der Waals surface area contributed by atoms with Crippen LogP contribution in [0.5, 0.6) is 5.75 Å². The van der Waals surface area contributed by atoms with Crippen molar-refractivity contribution >= 4 is 35.0 Å². The zero-order valence-corrected chi connectivity index (χ0v) is 22.2. The van der Waals surface area contributed by atoms with Gasteiger partial charge in [0.25, 0.3) is 11.6 Å². The van der Waals surface area contributed by atoms with Gasteiger partial charge in [0, 0.05) is 30.1 Å². The quantitative estimate of drug-likeness (QED) is 0.215. The van der Waals surface area contributed by atoms with Crippen LogP contribution in [0.15, 0.2) is 77.7 Å². The Balaban J connectivity index is 1.73. The molecule has 3 aromatic rings. The van der Waals surface area contributed by atoms with E-state index in [0.717, 1.165) is 16.1 Å². The van der Waals surface area contributed by atoms with Gasteiger partial charge >= 0.3 is 5.97 Å². The number of nitro groups is 1. The number of rotatable bonds is 9. The van der Waals surface area contributed by atoms with Crippen LogP contribution in [0.25, 0.3) is 0 Å². The van der Waals surface area contributed by atoms with E-state index in [1.54, 1.807) is 4.90 Å². The maximum Gasteiger partial charge on any atom is 0.338 e. The molecular weight excluding hydrogens is 506 g/mol. The number of non-ortho nitro benzene ring substituents is 1. The molecule has 0 saturated heterocycles. The van der Waals surface area contributed by atoms with Gasteiger partial charge in [-0.3, -0.25) is 14.9 Å². The number of thioether (sulfide) groups is 1. The van der Waals surface area contributed by atoms with Crippen LogP contribution in [-0.2, 0) is 9.53 Å². The average Bonchev–Trinajstić information content (AvgIpc) is 3.02. The van der Waals surface area contributed by atoms with Gasteiger partial charge in [0.2, 0.25) is 0 Å². The Kier molecular flexibility index (Phi) is 8.65. The Bertz CT molecular complexity index is 1300. The summed E-state index contributed by atoms with van der Waals surface area (Å²) in [6.45, 7) is 3.45. The van der Waals surface area contributed by atoms with Crippen molar-refractivity contribution < 1.29 is 24.0 Å². The molecule has 38 heavy (non-hydrogen) atoms. The second-order valence-corrected chi connectivity index (χ2v) is 10.1. The first-order valence-corrected chi connectivity index (χ1v) is 13.1. The minimum absolute atomic E-state index is 0.125. The summed E-state index contributed by atoms with van der Waals surface area (Å²) < 4.78 is 11.5. The van der Waals surface area contributed by atoms with E-state index < -0.39 is 22.2 Å². The number of ether oxygens (including phenoxy) is 2. The lowest BCUT2D eigenvalue weighted by atomic mass is 10.0. The number of fused-ring (bicyclic) bond motifs is 1. The normalized spacial score (nSPS) is 17.1. The Morgan fingerprint density at radius 3 is 2.37 bits per heavy atom. The third-order valence-electron chi connectivity index (χ3n) is 6.03. The van der Waals surface area contributed by atoms with Crippen molar-refractivity contribution in [1.82, 2.24) is 4.90 Å². The van der Waals surface area contributed by atoms with E-state index in [-0.39, 0.29) is 17.2 Å². The first-order valence-electron chi connectivity index (χ1n) is 12.2. The van der Waals surface area contributed by atoms with Gasteiger partial charge in [0.15, 0.2) is 6.10 Å². The second-order valence-electron chi connectivity index (χ2n) is 8.93. The average molecular weight is 536 g/mol. The monoisotopic (exact) mass is 535 g/mol. The fourth-order valence-electron chi connectivity index (χ4n) is 4.09. The third-order valence-corrected chi connectivity index (χ3v) is 7.41. The van der Waals surface area contributed by atoms with Gasteiger partial charge in [-0.2, -0.15) is 0 Å². The zero-order chi connectivity index (χ0) is 27.2. The summed E-state index contributed by atoms with van der Waals surface area (Å²) in [5.41, 5.74) is 1.55. The highest BCUT2D eigenvalue weighted by Crippen LogP contribution is 2.47. The molecule has 10 heteroatoms. The standard InChI is InChI=1S/C28H29N3O6S/c1-4-36-22-15-11-19(12-16-22)26-25(37-28(33)20-9-13-21(14-10-20)31(34)35)27(32)30(18-17-29(2)3)23-7-5-6-8-24(23)38-26/h5-16,25-26H,4,17-18H2,1-3H3. The molecule has 4 rings (SSSR count). The Labute approximate surface area is 225 Å². The number of hydrogen-bond acceptors (Lipinski definition) is 8. The van der Waals surface area contributed by atoms with Crippen molar-refractivity contribution in [1.29, 1.82) is 0 Å². The summed E-state index contributed by atoms with van der Waals surface area (Å²) in [6, 6.07) is 20.2. The molecular formula is C28H29N3O6S. The molecule has 1 heterocycles. The maximum absolute atomic E-state index is 14.1. The van der Waals surface area contributed by atoms with E-state index in [1.807, 2.05) is 74.4 Å². The summed E-state index contributed by atoms with van der Waals surface area (Å²) in [4.78, 5) is 42.3. The molecule has 2 unspecified atom stereocenters. The van der Waals surface area contributed by atoms with E-state index in [1.165, 1.54) is 36.0 Å². The van der Waals surface area contributed by atoms with E-state index in [2.05, 4.69) is 0 Å². The minimum Gasteiger partial charge on any atom is -0.494 e. The SMILES string of the molecule is CCOc1ccc(C2Sc3ccccc3N(CCN(C)C)C(=O)C2OC(=O)c2ccc([N+](=O)[O-])cc2)cc1. The number of likely N-dealkylation sites (N-methyl/N-ethyl adjacent to an activating group) is 1. The molecule has 1 amide bonds. The molecule has 198 valence electrons. The fraction of sp³-hybridized carbons (Fsp3) is 0.286. The first kappa shape index (κ1) is 27.2. The molecule has 0 aliphatic carbocycles. The highest BCUT2D eigenvalue weighted by Gasteiger charge is 2.41. The number of carbonyl (C=O) groups is 2. The minimum atomic E-state index is -1.14. The molecule has 0 N–H and O–H groups in total. The van der Waals surface area contributed by atoms with Crippen molar-refractivity contribution in [3.05, 3.63) is 94.0 Å². The largest absolute Gasteiger partial charge is 0.494 e. The van der Waals surface area contributed by atoms with Crippen molar-refractivity contribution in [2.24, 2.45) is 0 Å². The van der Waals surface area contributed by atoms with Crippen molar-refractivity contribution in [2.45, 2.75) is 23.2 Å². The van der Waals surface area contributed by atoms with E-state index in [9.17, 15) is 19.7 Å². The number of nitro benzene ring substituents is 1. The lowest BCUT2D eigenvalue weighted by Crippen LogP contribution is -2.45. The predicted octanol–water partition coefficient (Wildman–Crippen LogP) is 4.96. The lowest BCUT2D eigenvalue weighted by Gasteiger charge is -2.28. The molecule has 3 aromatic carbocycles. The van der Waals surface area contributed by atoms with Gasteiger partial charge in [0.1, 0.15) is 5.75 Å². The zero-order valence-electron chi connectivity index (χ0n) is 21.4. The molecule has 0 radical (unpaired) electrons. The van der Waals surface area contributed by atoms with Gasteiger partial charge in [-0.25, -0.2) is 4.79 Å². The summed E-state index contributed by atoms with van der Waals surface area (Å²) in [7, 11) is 3.86. The van der Waals surface area contributed by atoms with Gasteiger partial charge in [-0.1, -0.05) is 24.3 Å². The number of nitrogens with zero attached hydrogens (tertiary/aromatic N) is 3. The molecule has 1 aliphatic rings. The Morgan fingerprint density at radius 2 is 1.74 bits per heavy atom. The highest BCUT2D eigenvalue weighted by molar-refractivity contribution is 7.99. The van der Waals surface area contributed by atoms with Crippen LogP contribution in [0.4, 0.5) is 11.4 Å². The van der Waals surface area contributed by atoms with Crippen molar-refractivity contribution in [2.75, 3.05) is 38.7 Å². The fourth-order valence-corrected chi connectivity index (χ4v) is 5.41. The van der Waals surface area contributed by atoms with Crippen LogP contribution in [0, 0.1) is 10.1 Å². The molecule has 0 saturated carbocycles. The van der Waals surface area contributed by atoms with Gasteiger partial charge in [-0.05, 0) is 63.0 Å². The van der Waals surface area contributed by atoms with Crippen LogP contribution in [0.3, 0.4) is 0 Å². The van der Waals surface area contributed by atoms with Crippen LogP contribution in [-0.4, -0.2) is 61.6 Å². The summed E-state index contributed by atoms with van der Waals surface area (Å²) in [5, 5.41) is 10.5. The third kappa shape index (κ3) is 6.15. The maximum atomic E-state index is 14.1. The topological polar surface area (TPSA) is 102 Å². The number of hydrogen-bond donors (Lipinski definition) is 0. The predicted molar refractivity (Wildman–Crippen MR) is 146 cm³/mol. The second kappa shape index (κ2) is 12.1. The van der Waals surface area contributed by atoms with E-state index >= 15 is 0 Å². The molecule has 0 bridgehead atoms. The number of benzene rings is 3. The summed E-state index contributed by atoms with van der Waals surface area (Å²) >= 11 is 1.46. The summed E-state index contributed by atoms with van der Waals surface area (Å²) in [5.74, 6) is -0.361. The van der Waals surface area contributed by atoms with E-state index in [4.69, 9.17) is 9.47 Å². The molecule has 0 aromatic heterocycles. The van der Waals surface area contributed by atoms with Crippen molar-refractivity contribution in [3.8, 4) is 5.75 Å². The van der Waals surface area contributed by atoms with E-state index in [0.29, 0.717) is 25.4 Å². The van der Waals surface area contributed by atoms with Crippen LogP contribution < -0.4 is 9.64 Å². The van der Waals surface area contributed by atoms with Crippen molar-refractivity contribution in [3.63, 3.8) is 0 Å². The number of carbonyl (C=O) groups excluding carboxylic acids is 2. The number of esters is 1. The molecule has 9 nitrogen and oxygen atoms in total. The number of anilines is 1. The van der Waals surface area contributed by atoms with Crippen LogP contribution in [0.2, 0.25) is 0 Å². The molecule has 0 spiro atoms. The Hall–Kier alpha value is -3.89. The smallest absolute Gasteiger partial charge is 0.338 e. The summed E-state index contributed by atoms with van der Waals surface area (Å²) in [6.07, 6.45) is -1.14. The van der Waals surface area contributed by atoms with Crippen LogP contribution >= 0.6 is 11.8 Å². The number of amides is 1. The van der Waals surface area contributed by atoms with Gasteiger partial charge in [0.05, 0.1) is 28.0 Å².